The highest BCUT2D eigenvalue weighted by Gasteiger charge is 2.26. The maximum atomic E-state index is 12.8. The summed E-state index contributed by atoms with van der Waals surface area (Å²) in [5.41, 5.74) is 2.04. The van der Waals surface area contributed by atoms with Crippen molar-refractivity contribution < 1.29 is 9.59 Å². The number of benzene rings is 1. The highest BCUT2D eigenvalue weighted by molar-refractivity contribution is 6.13. The first-order chi connectivity index (χ1) is 15.5. The molecule has 0 bridgehead atoms. The molecule has 0 saturated carbocycles. The number of amides is 3. The highest BCUT2D eigenvalue weighted by atomic mass is 16.2. The van der Waals surface area contributed by atoms with Crippen LogP contribution in [-0.2, 0) is 0 Å². The molecule has 4 N–H and O–H groups in total. The van der Waals surface area contributed by atoms with E-state index in [2.05, 4.69) is 48.1 Å². The Hall–Kier alpha value is -3.40. The molecule has 0 aliphatic carbocycles. The van der Waals surface area contributed by atoms with Gasteiger partial charge in [-0.3, -0.25) is 4.79 Å². The van der Waals surface area contributed by atoms with Gasteiger partial charge in [-0.1, -0.05) is 13.0 Å². The van der Waals surface area contributed by atoms with Gasteiger partial charge in [0.2, 0.25) is 5.95 Å². The first-order valence-electron chi connectivity index (χ1n) is 11.0. The third-order valence-corrected chi connectivity index (χ3v) is 5.91. The maximum Gasteiger partial charge on any atom is 0.319 e. The molecule has 1 aromatic carbocycles. The lowest BCUT2D eigenvalue weighted by Crippen LogP contribution is -2.42. The van der Waals surface area contributed by atoms with Gasteiger partial charge in [-0.05, 0) is 51.5 Å². The second kappa shape index (κ2) is 9.39. The molecule has 1 fully saturated rings. The summed E-state index contributed by atoms with van der Waals surface area (Å²) in [6.07, 6.45) is 4.46. The van der Waals surface area contributed by atoms with Crippen LogP contribution in [0.1, 0.15) is 36.5 Å². The number of hydrogen-bond acceptors (Lipinski definition) is 7. The van der Waals surface area contributed by atoms with Gasteiger partial charge in [0.1, 0.15) is 11.4 Å². The Morgan fingerprint density at radius 2 is 2.06 bits per heavy atom. The fraction of sp³-hybridized carbons (Fsp3) is 0.455. The lowest BCUT2D eigenvalue weighted by molar-refractivity contribution is 0.102. The van der Waals surface area contributed by atoms with Crippen molar-refractivity contribution in [2.75, 3.05) is 54.6 Å². The second-order valence-corrected chi connectivity index (χ2v) is 8.27. The van der Waals surface area contributed by atoms with Gasteiger partial charge in [0.15, 0.2) is 0 Å². The molecule has 32 heavy (non-hydrogen) atoms. The van der Waals surface area contributed by atoms with Crippen LogP contribution in [0.25, 0.3) is 0 Å². The van der Waals surface area contributed by atoms with E-state index in [1.54, 1.807) is 24.4 Å². The number of rotatable bonds is 5. The van der Waals surface area contributed by atoms with E-state index >= 15 is 0 Å². The fourth-order valence-corrected chi connectivity index (χ4v) is 3.96. The molecule has 2 aromatic rings. The minimum atomic E-state index is -0.303. The molecule has 0 spiro atoms. The third kappa shape index (κ3) is 4.59. The summed E-state index contributed by atoms with van der Waals surface area (Å²) in [6, 6.07) is 5.37. The van der Waals surface area contributed by atoms with Gasteiger partial charge in [-0.2, -0.15) is 4.98 Å². The average Bonchev–Trinajstić information content (AvgIpc) is 2.93. The summed E-state index contributed by atoms with van der Waals surface area (Å²) >= 11 is 0. The van der Waals surface area contributed by atoms with Gasteiger partial charge in [0.25, 0.3) is 5.91 Å². The molecule has 3 amide bonds. The maximum absolute atomic E-state index is 12.8. The zero-order valence-electron chi connectivity index (χ0n) is 18.7. The number of carbonyl (C=O) groups is 2. The number of nitrogens with one attached hydrogen (secondary N) is 4. The molecular weight excluding hydrogens is 408 g/mol. The summed E-state index contributed by atoms with van der Waals surface area (Å²) in [4.78, 5) is 38.6. The summed E-state index contributed by atoms with van der Waals surface area (Å²) in [7, 11) is 4.12. The average molecular weight is 439 g/mol. The zero-order valence-corrected chi connectivity index (χ0v) is 18.7. The number of carbonyl (C=O) groups excluding carboxylic acids is 2. The molecule has 2 aliphatic heterocycles. The summed E-state index contributed by atoms with van der Waals surface area (Å²) in [5, 5.41) is 11.8. The van der Waals surface area contributed by atoms with Crippen molar-refractivity contribution in [3.63, 3.8) is 0 Å². The van der Waals surface area contributed by atoms with Crippen molar-refractivity contribution in [2.45, 2.75) is 32.2 Å². The number of piperidine rings is 1. The van der Waals surface area contributed by atoms with Gasteiger partial charge < -0.3 is 31.1 Å². The van der Waals surface area contributed by atoms with E-state index in [0.29, 0.717) is 47.0 Å². The summed E-state index contributed by atoms with van der Waals surface area (Å²) in [5.74, 6) is 0.676. The van der Waals surface area contributed by atoms with Crippen LogP contribution in [0.4, 0.5) is 33.6 Å². The van der Waals surface area contributed by atoms with E-state index in [-0.39, 0.29) is 11.9 Å². The van der Waals surface area contributed by atoms with Gasteiger partial charge >= 0.3 is 6.03 Å². The van der Waals surface area contributed by atoms with E-state index in [0.717, 1.165) is 32.4 Å². The van der Waals surface area contributed by atoms with Crippen LogP contribution in [0.5, 0.6) is 0 Å². The molecule has 4 rings (SSSR count). The number of likely N-dealkylation sites (tertiary alicyclic amines) is 1. The monoisotopic (exact) mass is 438 g/mol. The second-order valence-electron chi connectivity index (χ2n) is 8.27. The molecular formula is C22H30N8O2. The molecule has 1 saturated heterocycles. The zero-order chi connectivity index (χ0) is 22.7. The largest absolute Gasteiger partial charge is 0.341 e. The number of urea groups is 1. The van der Waals surface area contributed by atoms with Gasteiger partial charge in [0, 0.05) is 25.8 Å². The van der Waals surface area contributed by atoms with Crippen molar-refractivity contribution in [1.29, 1.82) is 0 Å². The molecule has 0 radical (unpaired) electrons. The Morgan fingerprint density at radius 3 is 2.81 bits per heavy atom. The van der Waals surface area contributed by atoms with E-state index < -0.39 is 0 Å². The van der Waals surface area contributed by atoms with E-state index in [9.17, 15) is 9.59 Å². The SMILES string of the molecule is CCCNC(=O)Nc1cccc2c1Nc1nc(N(C)C3CCN(C)CC3)ncc1C(=O)N2. The normalized spacial score (nSPS) is 16.2. The Morgan fingerprint density at radius 1 is 1.28 bits per heavy atom. The quantitative estimate of drug-likeness (QED) is 0.567. The lowest BCUT2D eigenvalue weighted by Gasteiger charge is -2.35. The molecule has 170 valence electrons. The van der Waals surface area contributed by atoms with Crippen molar-refractivity contribution >= 4 is 40.8 Å². The van der Waals surface area contributed by atoms with E-state index in [4.69, 9.17) is 0 Å². The molecule has 1 aromatic heterocycles. The number of hydrogen-bond donors (Lipinski definition) is 4. The molecule has 0 unspecified atom stereocenters. The van der Waals surface area contributed by atoms with Crippen LogP contribution in [0.3, 0.4) is 0 Å². The molecule has 0 atom stereocenters. The lowest BCUT2D eigenvalue weighted by atomic mass is 10.0. The van der Waals surface area contributed by atoms with Gasteiger partial charge in [-0.25, -0.2) is 9.78 Å². The highest BCUT2D eigenvalue weighted by Crippen LogP contribution is 2.37. The molecule has 3 heterocycles. The van der Waals surface area contributed by atoms with Crippen LogP contribution in [-0.4, -0.2) is 66.6 Å². The van der Waals surface area contributed by atoms with Crippen LogP contribution < -0.4 is 26.2 Å². The van der Waals surface area contributed by atoms with Gasteiger partial charge in [0.05, 0.1) is 17.1 Å². The predicted octanol–water partition coefficient (Wildman–Crippen LogP) is 2.85. The number of aromatic nitrogens is 2. The Balaban J connectivity index is 1.61. The van der Waals surface area contributed by atoms with E-state index in [1.165, 1.54) is 0 Å². The first-order valence-corrected chi connectivity index (χ1v) is 11.0. The van der Waals surface area contributed by atoms with Crippen molar-refractivity contribution in [3.05, 3.63) is 30.0 Å². The fourth-order valence-electron chi connectivity index (χ4n) is 3.96. The van der Waals surface area contributed by atoms with Crippen LogP contribution in [0.2, 0.25) is 0 Å². The first kappa shape index (κ1) is 21.8. The van der Waals surface area contributed by atoms with Crippen LogP contribution >= 0.6 is 0 Å². The van der Waals surface area contributed by atoms with Crippen molar-refractivity contribution in [3.8, 4) is 0 Å². The minimum absolute atomic E-state index is 0.299. The van der Waals surface area contributed by atoms with Crippen molar-refractivity contribution in [1.82, 2.24) is 20.2 Å². The van der Waals surface area contributed by atoms with Crippen LogP contribution in [0, 0.1) is 0 Å². The minimum Gasteiger partial charge on any atom is -0.341 e. The summed E-state index contributed by atoms with van der Waals surface area (Å²) in [6.45, 7) is 4.63. The Kier molecular flexibility index (Phi) is 6.40. The molecule has 10 heteroatoms. The topological polar surface area (TPSA) is 115 Å². The number of para-hydroxylation sites is 1. The number of anilines is 5. The smallest absolute Gasteiger partial charge is 0.319 e. The standard InChI is InChI=1S/C22H30N8O2/c1-4-10-23-22(32)26-17-7-5-6-16-18(17)27-19-15(20(31)25-16)13-24-21(28-19)30(3)14-8-11-29(2)12-9-14/h5-7,13-14H,4,8-12H2,1-3H3,(H,25,31)(H2,23,26,32)(H,24,27,28). The Labute approximate surface area is 187 Å². The van der Waals surface area contributed by atoms with E-state index in [1.807, 2.05) is 14.0 Å². The third-order valence-electron chi connectivity index (χ3n) is 5.91. The number of nitrogens with zero attached hydrogens (tertiary/aromatic N) is 4. The van der Waals surface area contributed by atoms with Crippen molar-refractivity contribution in [2.24, 2.45) is 0 Å². The molecule has 2 aliphatic rings. The van der Waals surface area contributed by atoms with Crippen LogP contribution in [0.15, 0.2) is 24.4 Å². The van der Waals surface area contributed by atoms with Gasteiger partial charge in [-0.15, -0.1) is 0 Å². The molecule has 10 nitrogen and oxygen atoms in total. The summed E-state index contributed by atoms with van der Waals surface area (Å²) < 4.78 is 0. The Bertz CT molecular complexity index is 1000. The number of fused-ring (bicyclic) bond motifs is 2. The predicted molar refractivity (Wildman–Crippen MR) is 126 cm³/mol.